The van der Waals surface area contributed by atoms with Crippen LogP contribution in [0, 0.1) is 5.92 Å². The smallest absolute Gasteiger partial charge is 0.233 e. The minimum Gasteiger partial charge on any atom is -0.342 e. The van der Waals surface area contributed by atoms with Crippen molar-refractivity contribution in [3.8, 4) is 0 Å². The number of aromatic amines is 1. The quantitative estimate of drug-likeness (QED) is 0.649. The average molecular weight is 395 g/mol. The van der Waals surface area contributed by atoms with Gasteiger partial charge < -0.3 is 15.2 Å². The summed E-state index contributed by atoms with van der Waals surface area (Å²) in [6.45, 7) is 1.23. The summed E-state index contributed by atoms with van der Waals surface area (Å²) < 4.78 is 0. The van der Waals surface area contributed by atoms with Crippen molar-refractivity contribution in [2.45, 2.75) is 18.0 Å². The Kier molecular flexibility index (Phi) is 5.62. The van der Waals surface area contributed by atoms with E-state index in [9.17, 15) is 9.59 Å². The number of benzene rings is 2. The Morgan fingerprint density at radius 3 is 2.54 bits per heavy atom. The van der Waals surface area contributed by atoms with E-state index in [-0.39, 0.29) is 17.7 Å². The molecule has 0 unspecified atom stereocenters. The van der Waals surface area contributed by atoms with Crippen LogP contribution in [0.3, 0.4) is 0 Å². The molecule has 144 valence electrons. The van der Waals surface area contributed by atoms with E-state index in [1.165, 1.54) is 11.8 Å². The number of anilines is 1. The SMILES string of the molecule is O=C(Nc1ccccc1)C1CCN(C(=O)CSc2nc3ccccc3[nH]2)CC1. The third kappa shape index (κ3) is 4.36. The fraction of sp³-hybridized carbons (Fsp3) is 0.286. The molecule has 0 bridgehead atoms. The number of hydrogen-bond donors (Lipinski definition) is 2. The lowest BCUT2D eigenvalue weighted by Crippen LogP contribution is -2.42. The van der Waals surface area contributed by atoms with Crippen molar-refractivity contribution >= 4 is 40.3 Å². The largest absolute Gasteiger partial charge is 0.342 e. The Morgan fingerprint density at radius 1 is 1.07 bits per heavy atom. The molecule has 2 amide bonds. The van der Waals surface area contributed by atoms with E-state index in [1.54, 1.807) is 0 Å². The predicted molar refractivity (Wildman–Crippen MR) is 111 cm³/mol. The molecule has 1 fully saturated rings. The van der Waals surface area contributed by atoms with E-state index in [4.69, 9.17) is 0 Å². The van der Waals surface area contributed by atoms with Crippen LogP contribution in [0.5, 0.6) is 0 Å². The summed E-state index contributed by atoms with van der Waals surface area (Å²) in [5.41, 5.74) is 2.69. The number of carbonyl (C=O) groups excluding carboxylic acids is 2. The van der Waals surface area contributed by atoms with Gasteiger partial charge in [0, 0.05) is 24.7 Å². The van der Waals surface area contributed by atoms with E-state index in [1.807, 2.05) is 59.5 Å². The maximum Gasteiger partial charge on any atom is 0.233 e. The Labute approximate surface area is 167 Å². The van der Waals surface area contributed by atoms with Gasteiger partial charge in [0.05, 0.1) is 16.8 Å². The van der Waals surface area contributed by atoms with E-state index in [2.05, 4.69) is 15.3 Å². The van der Waals surface area contributed by atoms with Gasteiger partial charge in [0.25, 0.3) is 0 Å². The molecule has 0 atom stereocenters. The van der Waals surface area contributed by atoms with Crippen LogP contribution in [0.25, 0.3) is 11.0 Å². The molecule has 1 aromatic heterocycles. The molecule has 1 aliphatic heterocycles. The van der Waals surface area contributed by atoms with Crippen molar-refractivity contribution in [2.24, 2.45) is 5.92 Å². The fourth-order valence-corrected chi connectivity index (χ4v) is 4.16. The first-order valence-corrected chi connectivity index (χ1v) is 10.4. The number of nitrogens with one attached hydrogen (secondary N) is 2. The number of likely N-dealkylation sites (tertiary alicyclic amines) is 1. The highest BCUT2D eigenvalue weighted by Crippen LogP contribution is 2.23. The van der Waals surface area contributed by atoms with Gasteiger partial charge in [0.15, 0.2) is 5.16 Å². The number of aromatic nitrogens is 2. The van der Waals surface area contributed by atoms with Crippen molar-refractivity contribution in [3.63, 3.8) is 0 Å². The van der Waals surface area contributed by atoms with Crippen molar-refractivity contribution in [1.82, 2.24) is 14.9 Å². The van der Waals surface area contributed by atoms with Gasteiger partial charge in [0.1, 0.15) is 0 Å². The van der Waals surface area contributed by atoms with Gasteiger partial charge >= 0.3 is 0 Å². The third-order valence-corrected chi connectivity index (χ3v) is 5.82. The lowest BCUT2D eigenvalue weighted by Gasteiger charge is -2.31. The molecule has 6 nitrogen and oxygen atoms in total. The fourth-order valence-electron chi connectivity index (χ4n) is 3.38. The van der Waals surface area contributed by atoms with Gasteiger partial charge in [-0.25, -0.2) is 4.98 Å². The standard InChI is InChI=1S/C21H22N4O2S/c26-19(14-28-21-23-17-8-4-5-9-18(17)24-21)25-12-10-15(11-13-25)20(27)22-16-6-2-1-3-7-16/h1-9,15H,10-14H2,(H,22,27)(H,23,24). The summed E-state index contributed by atoms with van der Waals surface area (Å²) in [7, 11) is 0. The zero-order valence-corrected chi connectivity index (χ0v) is 16.2. The summed E-state index contributed by atoms with van der Waals surface area (Å²) in [5, 5.41) is 3.71. The number of piperidine rings is 1. The zero-order valence-electron chi connectivity index (χ0n) is 15.4. The Hall–Kier alpha value is -2.80. The number of thioether (sulfide) groups is 1. The highest BCUT2D eigenvalue weighted by molar-refractivity contribution is 7.99. The molecule has 2 aromatic carbocycles. The van der Waals surface area contributed by atoms with Crippen LogP contribution in [0.4, 0.5) is 5.69 Å². The third-order valence-electron chi connectivity index (χ3n) is 4.96. The summed E-state index contributed by atoms with van der Waals surface area (Å²) in [4.78, 5) is 34.5. The second-order valence-electron chi connectivity index (χ2n) is 6.86. The highest BCUT2D eigenvalue weighted by atomic mass is 32.2. The average Bonchev–Trinajstić information content (AvgIpc) is 3.16. The molecule has 3 aromatic rings. The van der Waals surface area contributed by atoms with Gasteiger partial charge in [-0.1, -0.05) is 42.1 Å². The monoisotopic (exact) mass is 394 g/mol. The number of rotatable bonds is 5. The summed E-state index contributed by atoms with van der Waals surface area (Å²) in [6.07, 6.45) is 1.39. The number of nitrogens with zero attached hydrogens (tertiary/aromatic N) is 2. The first-order chi connectivity index (χ1) is 13.7. The number of amides is 2. The number of para-hydroxylation sites is 3. The van der Waals surface area contributed by atoms with Gasteiger partial charge in [-0.05, 0) is 37.1 Å². The summed E-state index contributed by atoms with van der Waals surface area (Å²) in [6, 6.07) is 17.3. The normalized spacial score (nSPS) is 14.9. The summed E-state index contributed by atoms with van der Waals surface area (Å²) in [5.74, 6) is 0.426. The number of hydrogen-bond acceptors (Lipinski definition) is 4. The molecule has 0 spiro atoms. The Morgan fingerprint density at radius 2 is 1.79 bits per heavy atom. The lowest BCUT2D eigenvalue weighted by atomic mass is 9.96. The number of fused-ring (bicyclic) bond motifs is 1. The molecule has 0 saturated carbocycles. The van der Waals surface area contributed by atoms with E-state index >= 15 is 0 Å². The van der Waals surface area contributed by atoms with Crippen LogP contribution in [-0.4, -0.2) is 45.5 Å². The maximum atomic E-state index is 12.5. The molecule has 7 heteroatoms. The second kappa shape index (κ2) is 8.48. The van der Waals surface area contributed by atoms with Crippen molar-refractivity contribution in [1.29, 1.82) is 0 Å². The molecular formula is C21H22N4O2S. The lowest BCUT2D eigenvalue weighted by molar-refractivity contribution is -0.132. The van der Waals surface area contributed by atoms with Crippen LogP contribution in [0.1, 0.15) is 12.8 Å². The Bertz CT molecular complexity index is 932. The number of H-pyrrole nitrogens is 1. The van der Waals surface area contributed by atoms with Crippen molar-refractivity contribution < 1.29 is 9.59 Å². The first-order valence-electron chi connectivity index (χ1n) is 9.40. The van der Waals surface area contributed by atoms with E-state index in [0.717, 1.165) is 21.9 Å². The van der Waals surface area contributed by atoms with Crippen LogP contribution >= 0.6 is 11.8 Å². The highest BCUT2D eigenvalue weighted by Gasteiger charge is 2.27. The molecule has 2 N–H and O–H groups in total. The summed E-state index contributed by atoms with van der Waals surface area (Å²) >= 11 is 1.42. The molecular weight excluding hydrogens is 372 g/mol. The molecule has 0 radical (unpaired) electrons. The number of carbonyl (C=O) groups is 2. The topological polar surface area (TPSA) is 78.1 Å². The van der Waals surface area contributed by atoms with Crippen LogP contribution < -0.4 is 5.32 Å². The molecule has 4 rings (SSSR count). The Balaban J connectivity index is 1.25. The minimum absolute atomic E-state index is 0.0370. The van der Waals surface area contributed by atoms with Crippen LogP contribution in [-0.2, 0) is 9.59 Å². The van der Waals surface area contributed by atoms with E-state index < -0.39 is 0 Å². The molecule has 2 heterocycles. The van der Waals surface area contributed by atoms with Gasteiger partial charge in [-0.2, -0.15) is 0 Å². The molecule has 0 aliphatic carbocycles. The van der Waals surface area contributed by atoms with Gasteiger partial charge in [-0.15, -0.1) is 0 Å². The minimum atomic E-state index is -0.0488. The van der Waals surface area contributed by atoms with Crippen LogP contribution in [0.15, 0.2) is 59.8 Å². The van der Waals surface area contributed by atoms with Gasteiger partial charge in [0.2, 0.25) is 11.8 Å². The first kappa shape index (κ1) is 18.6. The number of imidazole rings is 1. The van der Waals surface area contributed by atoms with E-state index in [0.29, 0.717) is 31.7 Å². The van der Waals surface area contributed by atoms with Gasteiger partial charge in [-0.3, -0.25) is 9.59 Å². The zero-order chi connectivity index (χ0) is 19.3. The molecule has 1 saturated heterocycles. The van der Waals surface area contributed by atoms with Crippen molar-refractivity contribution in [2.75, 3.05) is 24.2 Å². The molecule has 28 heavy (non-hydrogen) atoms. The molecule has 1 aliphatic rings. The maximum absolute atomic E-state index is 12.5. The predicted octanol–water partition coefficient (Wildman–Crippen LogP) is 3.53. The second-order valence-corrected chi connectivity index (χ2v) is 7.82. The van der Waals surface area contributed by atoms with Crippen LogP contribution in [0.2, 0.25) is 0 Å². The van der Waals surface area contributed by atoms with Crippen molar-refractivity contribution in [3.05, 3.63) is 54.6 Å².